The smallest absolute Gasteiger partial charge is 0.417 e. The van der Waals surface area contributed by atoms with Crippen molar-refractivity contribution in [3.63, 3.8) is 0 Å². The Balaban J connectivity index is 1.46. The number of halogens is 4. The lowest BCUT2D eigenvalue weighted by molar-refractivity contribution is -0.137. The molecule has 1 atom stereocenters. The molecule has 3 N–H and O–H groups in total. The SMILES string of the molecule is NC(CNc1cc(-c2ccc(C(F)(F)F)c(Cl)c2)ncn1)c1ccc2c(c1)OCCCO2. The van der Waals surface area contributed by atoms with Crippen LogP contribution in [0.2, 0.25) is 5.02 Å². The normalized spacial score (nSPS) is 14.5. The summed E-state index contributed by atoms with van der Waals surface area (Å²) in [6.07, 6.45) is -2.38. The molecule has 0 amide bonds. The number of rotatable bonds is 5. The van der Waals surface area contributed by atoms with Gasteiger partial charge in [0.1, 0.15) is 12.1 Å². The third kappa shape index (κ3) is 5.05. The topological polar surface area (TPSA) is 82.3 Å². The standard InChI is InChI=1S/C22H20ClF3N4O2/c23-16-8-14(2-4-15(16)22(24,25)26)18-10-21(30-12-29-18)28-11-17(27)13-3-5-19-20(9-13)32-7-1-6-31-19/h2-5,8-10,12,17H,1,6-7,11,27H2,(H,28,29,30). The molecule has 1 unspecified atom stereocenters. The van der Waals surface area contributed by atoms with Crippen LogP contribution in [0, 0.1) is 0 Å². The Morgan fingerprint density at radius 1 is 1.03 bits per heavy atom. The Kier molecular flexibility index (Phi) is 6.38. The van der Waals surface area contributed by atoms with E-state index in [-0.39, 0.29) is 11.1 Å². The summed E-state index contributed by atoms with van der Waals surface area (Å²) in [5, 5.41) is 2.75. The summed E-state index contributed by atoms with van der Waals surface area (Å²) >= 11 is 5.82. The highest BCUT2D eigenvalue weighted by Gasteiger charge is 2.33. The number of aromatic nitrogens is 2. The van der Waals surface area contributed by atoms with Gasteiger partial charge in [0.15, 0.2) is 11.5 Å². The molecule has 0 aliphatic carbocycles. The second-order valence-corrected chi connectivity index (χ2v) is 7.63. The van der Waals surface area contributed by atoms with Crippen LogP contribution in [0.25, 0.3) is 11.3 Å². The van der Waals surface area contributed by atoms with Gasteiger partial charge in [-0.3, -0.25) is 0 Å². The molecular formula is C22H20ClF3N4O2. The lowest BCUT2D eigenvalue weighted by Crippen LogP contribution is -2.21. The summed E-state index contributed by atoms with van der Waals surface area (Å²) in [6, 6.07) is 10.4. The van der Waals surface area contributed by atoms with Gasteiger partial charge in [-0.05, 0) is 29.8 Å². The van der Waals surface area contributed by atoms with E-state index < -0.39 is 11.7 Å². The molecule has 0 bridgehead atoms. The first-order chi connectivity index (χ1) is 15.3. The fourth-order valence-corrected chi connectivity index (χ4v) is 3.55. The predicted octanol–water partition coefficient (Wildman–Crippen LogP) is 5.09. The van der Waals surface area contributed by atoms with Crippen LogP contribution in [0.15, 0.2) is 48.8 Å². The van der Waals surface area contributed by atoms with E-state index in [2.05, 4.69) is 15.3 Å². The van der Waals surface area contributed by atoms with E-state index >= 15 is 0 Å². The molecule has 2 heterocycles. The van der Waals surface area contributed by atoms with Crippen LogP contribution in [0.1, 0.15) is 23.6 Å². The zero-order valence-electron chi connectivity index (χ0n) is 16.8. The van der Waals surface area contributed by atoms with Crippen molar-refractivity contribution < 1.29 is 22.6 Å². The van der Waals surface area contributed by atoms with Crippen LogP contribution in [0.5, 0.6) is 11.5 Å². The van der Waals surface area contributed by atoms with Gasteiger partial charge in [0, 0.05) is 30.6 Å². The van der Waals surface area contributed by atoms with Crippen molar-refractivity contribution in [3.05, 3.63) is 64.9 Å². The van der Waals surface area contributed by atoms with E-state index in [0.717, 1.165) is 18.1 Å². The zero-order chi connectivity index (χ0) is 22.7. The number of nitrogens with zero attached hydrogens (tertiary/aromatic N) is 2. The van der Waals surface area contributed by atoms with Crippen molar-refractivity contribution in [2.24, 2.45) is 5.73 Å². The molecule has 1 aliphatic rings. The first-order valence-electron chi connectivity index (χ1n) is 9.89. The summed E-state index contributed by atoms with van der Waals surface area (Å²) in [4.78, 5) is 8.29. The molecule has 0 saturated heterocycles. The maximum Gasteiger partial charge on any atom is 0.417 e. The quantitative estimate of drug-likeness (QED) is 0.547. The van der Waals surface area contributed by atoms with Gasteiger partial charge in [-0.25, -0.2) is 9.97 Å². The molecule has 0 spiro atoms. The molecule has 168 valence electrons. The van der Waals surface area contributed by atoms with E-state index in [4.69, 9.17) is 26.8 Å². The molecule has 0 radical (unpaired) electrons. The third-order valence-electron chi connectivity index (χ3n) is 4.94. The Hall–Kier alpha value is -3.04. The lowest BCUT2D eigenvalue weighted by Gasteiger charge is -2.16. The molecule has 0 fully saturated rings. The van der Waals surface area contributed by atoms with Gasteiger partial charge in [-0.1, -0.05) is 23.7 Å². The van der Waals surface area contributed by atoms with Gasteiger partial charge in [-0.2, -0.15) is 13.2 Å². The molecule has 0 saturated carbocycles. The van der Waals surface area contributed by atoms with Crippen molar-refractivity contribution in [1.82, 2.24) is 9.97 Å². The second-order valence-electron chi connectivity index (χ2n) is 7.22. The predicted molar refractivity (Wildman–Crippen MR) is 115 cm³/mol. The minimum absolute atomic E-state index is 0.355. The van der Waals surface area contributed by atoms with E-state index in [1.54, 1.807) is 6.07 Å². The Bertz CT molecular complexity index is 1110. The molecule has 1 aliphatic heterocycles. The number of ether oxygens (including phenoxy) is 2. The third-order valence-corrected chi connectivity index (χ3v) is 5.25. The largest absolute Gasteiger partial charge is 0.490 e. The average Bonchev–Trinajstić information content (AvgIpc) is 3.01. The molecule has 3 aromatic rings. The molecule has 32 heavy (non-hydrogen) atoms. The lowest BCUT2D eigenvalue weighted by atomic mass is 10.1. The van der Waals surface area contributed by atoms with E-state index in [1.807, 2.05) is 18.2 Å². The minimum Gasteiger partial charge on any atom is -0.490 e. The second kappa shape index (κ2) is 9.22. The van der Waals surface area contributed by atoms with Crippen LogP contribution in [-0.2, 0) is 6.18 Å². The number of fused-ring (bicyclic) bond motifs is 1. The number of hydrogen-bond donors (Lipinski definition) is 2. The van der Waals surface area contributed by atoms with Crippen molar-refractivity contribution in [1.29, 1.82) is 0 Å². The van der Waals surface area contributed by atoms with E-state index in [1.165, 1.54) is 18.5 Å². The van der Waals surface area contributed by atoms with Crippen LogP contribution < -0.4 is 20.5 Å². The van der Waals surface area contributed by atoms with Crippen LogP contribution in [0.3, 0.4) is 0 Å². The highest BCUT2D eigenvalue weighted by atomic mass is 35.5. The van der Waals surface area contributed by atoms with Crippen molar-refractivity contribution >= 4 is 17.4 Å². The van der Waals surface area contributed by atoms with Gasteiger partial charge in [0.25, 0.3) is 0 Å². The molecule has 1 aromatic heterocycles. The Morgan fingerprint density at radius 3 is 2.56 bits per heavy atom. The number of nitrogens with two attached hydrogens (primary N) is 1. The number of nitrogens with one attached hydrogen (secondary N) is 1. The maximum absolute atomic E-state index is 12.9. The van der Waals surface area contributed by atoms with Crippen LogP contribution in [-0.4, -0.2) is 29.7 Å². The van der Waals surface area contributed by atoms with Gasteiger partial charge < -0.3 is 20.5 Å². The van der Waals surface area contributed by atoms with Gasteiger partial charge in [0.2, 0.25) is 0 Å². The number of hydrogen-bond acceptors (Lipinski definition) is 6. The van der Waals surface area contributed by atoms with E-state index in [9.17, 15) is 13.2 Å². The molecule has 6 nitrogen and oxygen atoms in total. The van der Waals surface area contributed by atoms with Crippen molar-refractivity contribution in [2.75, 3.05) is 25.1 Å². The summed E-state index contributed by atoms with van der Waals surface area (Å²) in [6.45, 7) is 1.56. The van der Waals surface area contributed by atoms with Gasteiger partial charge in [0.05, 0.1) is 29.5 Å². The molecule has 4 rings (SSSR count). The summed E-state index contributed by atoms with van der Waals surface area (Å²) in [5.74, 6) is 1.84. The maximum atomic E-state index is 12.9. The summed E-state index contributed by atoms with van der Waals surface area (Å²) < 4.78 is 50.1. The zero-order valence-corrected chi connectivity index (χ0v) is 17.6. The minimum atomic E-state index is -4.52. The summed E-state index contributed by atoms with van der Waals surface area (Å²) in [5.41, 5.74) is 7.17. The first kappa shape index (κ1) is 22.2. The van der Waals surface area contributed by atoms with E-state index in [0.29, 0.717) is 48.3 Å². The Labute approximate surface area is 187 Å². The molecule has 2 aromatic carbocycles. The summed E-state index contributed by atoms with van der Waals surface area (Å²) in [7, 11) is 0. The number of benzene rings is 2. The van der Waals surface area contributed by atoms with Crippen molar-refractivity contribution in [2.45, 2.75) is 18.6 Å². The van der Waals surface area contributed by atoms with Gasteiger partial charge >= 0.3 is 6.18 Å². The van der Waals surface area contributed by atoms with Gasteiger partial charge in [-0.15, -0.1) is 0 Å². The fourth-order valence-electron chi connectivity index (χ4n) is 3.26. The van der Waals surface area contributed by atoms with Crippen LogP contribution in [0.4, 0.5) is 19.0 Å². The highest BCUT2D eigenvalue weighted by Crippen LogP contribution is 2.36. The fraction of sp³-hybridized carbons (Fsp3) is 0.273. The van der Waals surface area contributed by atoms with Crippen LogP contribution >= 0.6 is 11.6 Å². The molecule has 10 heteroatoms. The highest BCUT2D eigenvalue weighted by molar-refractivity contribution is 6.31. The van der Waals surface area contributed by atoms with Crippen molar-refractivity contribution in [3.8, 4) is 22.8 Å². The number of alkyl halides is 3. The number of anilines is 1. The first-order valence-corrected chi connectivity index (χ1v) is 10.3. The average molecular weight is 465 g/mol. The monoisotopic (exact) mass is 464 g/mol. The molecular weight excluding hydrogens is 445 g/mol. The Morgan fingerprint density at radius 2 is 1.81 bits per heavy atom.